The summed E-state index contributed by atoms with van der Waals surface area (Å²) in [5, 5.41) is 0. The zero-order valence-electron chi connectivity index (χ0n) is 12.5. The van der Waals surface area contributed by atoms with E-state index in [2.05, 4.69) is 20.9 Å². The van der Waals surface area contributed by atoms with Gasteiger partial charge in [0.05, 0.1) is 0 Å². The molecular formula is C19H14BrNO2. The SMILES string of the molecule is Cc1cc(C2=N/C(=C\C=C\c3ccccc3)C(=O)O2)ccc1Br. The highest BCUT2D eigenvalue weighted by Gasteiger charge is 2.23. The summed E-state index contributed by atoms with van der Waals surface area (Å²) in [4.78, 5) is 16.2. The fourth-order valence-corrected chi connectivity index (χ4v) is 2.39. The first-order valence-corrected chi connectivity index (χ1v) is 7.93. The van der Waals surface area contributed by atoms with Gasteiger partial charge in [0.2, 0.25) is 5.90 Å². The Labute approximate surface area is 143 Å². The van der Waals surface area contributed by atoms with Crippen molar-refractivity contribution in [2.45, 2.75) is 6.92 Å². The zero-order chi connectivity index (χ0) is 16.2. The number of esters is 1. The van der Waals surface area contributed by atoms with Crippen LogP contribution in [0.4, 0.5) is 0 Å². The Hall–Kier alpha value is -2.46. The summed E-state index contributed by atoms with van der Waals surface area (Å²) in [5.74, 6) is -0.0942. The van der Waals surface area contributed by atoms with Gasteiger partial charge in [-0.3, -0.25) is 0 Å². The van der Waals surface area contributed by atoms with Crippen molar-refractivity contribution in [2.75, 3.05) is 0 Å². The first kappa shape index (κ1) is 15.4. The quantitative estimate of drug-likeness (QED) is 0.584. The third-order valence-corrected chi connectivity index (χ3v) is 4.26. The summed E-state index contributed by atoms with van der Waals surface area (Å²) in [7, 11) is 0. The lowest BCUT2D eigenvalue weighted by molar-refractivity contribution is -0.130. The molecule has 114 valence electrons. The Morgan fingerprint density at radius 1 is 1.13 bits per heavy atom. The predicted octanol–water partition coefficient (Wildman–Crippen LogP) is 4.66. The van der Waals surface area contributed by atoms with Crippen molar-refractivity contribution < 1.29 is 9.53 Å². The van der Waals surface area contributed by atoms with Crippen molar-refractivity contribution in [3.63, 3.8) is 0 Å². The van der Waals surface area contributed by atoms with Crippen LogP contribution in [0, 0.1) is 6.92 Å². The molecule has 2 aromatic rings. The molecule has 3 rings (SSSR count). The van der Waals surface area contributed by atoms with E-state index in [0.29, 0.717) is 11.6 Å². The van der Waals surface area contributed by atoms with Gasteiger partial charge in [0.1, 0.15) is 0 Å². The molecule has 0 atom stereocenters. The number of carbonyl (C=O) groups excluding carboxylic acids is 1. The van der Waals surface area contributed by atoms with E-state index in [1.807, 2.05) is 61.5 Å². The molecule has 0 unspecified atom stereocenters. The molecular weight excluding hydrogens is 354 g/mol. The summed E-state index contributed by atoms with van der Waals surface area (Å²) in [5.41, 5.74) is 3.20. The van der Waals surface area contributed by atoms with Gasteiger partial charge in [-0.1, -0.05) is 58.4 Å². The van der Waals surface area contributed by atoms with Crippen LogP contribution in [0.25, 0.3) is 6.08 Å². The average Bonchev–Trinajstić information content (AvgIpc) is 2.92. The molecule has 0 amide bonds. The molecule has 0 saturated carbocycles. The van der Waals surface area contributed by atoms with Crippen LogP contribution in [0.3, 0.4) is 0 Å². The maximum atomic E-state index is 11.9. The van der Waals surface area contributed by atoms with E-state index < -0.39 is 5.97 Å². The molecule has 0 saturated heterocycles. The van der Waals surface area contributed by atoms with Crippen LogP contribution >= 0.6 is 15.9 Å². The van der Waals surface area contributed by atoms with Gasteiger partial charge in [-0.05, 0) is 42.3 Å². The van der Waals surface area contributed by atoms with Crippen LogP contribution in [-0.4, -0.2) is 11.9 Å². The minimum atomic E-state index is -0.432. The highest BCUT2D eigenvalue weighted by atomic mass is 79.9. The number of benzene rings is 2. The first-order chi connectivity index (χ1) is 11.1. The highest BCUT2D eigenvalue weighted by Crippen LogP contribution is 2.21. The third kappa shape index (κ3) is 3.66. The summed E-state index contributed by atoms with van der Waals surface area (Å²) < 4.78 is 6.26. The number of nitrogens with zero attached hydrogens (tertiary/aromatic N) is 1. The number of aryl methyl sites for hydroxylation is 1. The maximum absolute atomic E-state index is 11.9. The fraction of sp³-hybridized carbons (Fsp3) is 0.0526. The topological polar surface area (TPSA) is 38.7 Å². The number of cyclic esters (lactones) is 1. The van der Waals surface area contributed by atoms with Gasteiger partial charge in [-0.15, -0.1) is 0 Å². The van der Waals surface area contributed by atoms with Gasteiger partial charge < -0.3 is 4.74 Å². The molecule has 0 spiro atoms. The molecule has 3 nitrogen and oxygen atoms in total. The minimum Gasteiger partial charge on any atom is -0.402 e. The third-order valence-electron chi connectivity index (χ3n) is 3.37. The van der Waals surface area contributed by atoms with Crippen LogP contribution in [0.5, 0.6) is 0 Å². The van der Waals surface area contributed by atoms with Crippen molar-refractivity contribution in [2.24, 2.45) is 4.99 Å². The summed E-state index contributed by atoms with van der Waals surface area (Å²) in [6, 6.07) is 15.6. The summed E-state index contributed by atoms with van der Waals surface area (Å²) >= 11 is 3.45. The Kier molecular flexibility index (Phi) is 4.53. The van der Waals surface area contributed by atoms with E-state index in [9.17, 15) is 4.79 Å². The van der Waals surface area contributed by atoms with Crippen molar-refractivity contribution >= 4 is 33.9 Å². The van der Waals surface area contributed by atoms with E-state index in [4.69, 9.17) is 4.74 Å². The molecule has 1 aliphatic rings. The maximum Gasteiger partial charge on any atom is 0.363 e. The molecule has 2 aromatic carbocycles. The highest BCUT2D eigenvalue weighted by molar-refractivity contribution is 9.10. The smallest absolute Gasteiger partial charge is 0.363 e. The van der Waals surface area contributed by atoms with Gasteiger partial charge in [0.15, 0.2) is 5.70 Å². The molecule has 0 aromatic heterocycles. The van der Waals surface area contributed by atoms with Crippen LogP contribution in [0.15, 0.2) is 75.8 Å². The average molecular weight is 368 g/mol. The van der Waals surface area contributed by atoms with E-state index in [-0.39, 0.29) is 0 Å². The summed E-state index contributed by atoms with van der Waals surface area (Å²) in [6.07, 6.45) is 5.37. The first-order valence-electron chi connectivity index (χ1n) is 7.14. The zero-order valence-corrected chi connectivity index (χ0v) is 14.1. The van der Waals surface area contributed by atoms with E-state index in [0.717, 1.165) is 21.2 Å². The normalized spacial score (nSPS) is 16.0. The van der Waals surface area contributed by atoms with Gasteiger partial charge in [-0.25, -0.2) is 9.79 Å². The molecule has 1 aliphatic heterocycles. The number of halogens is 1. The van der Waals surface area contributed by atoms with Crippen LogP contribution in [-0.2, 0) is 9.53 Å². The second-order valence-corrected chi connectivity index (χ2v) is 5.95. The van der Waals surface area contributed by atoms with Gasteiger partial charge in [0, 0.05) is 10.0 Å². The van der Waals surface area contributed by atoms with Crippen LogP contribution in [0.2, 0.25) is 0 Å². The number of hydrogen-bond donors (Lipinski definition) is 0. The van der Waals surface area contributed by atoms with Gasteiger partial charge >= 0.3 is 5.97 Å². The largest absolute Gasteiger partial charge is 0.402 e. The van der Waals surface area contributed by atoms with Crippen molar-refractivity contribution in [3.8, 4) is 0 Å². The predicted molar refractivity (Wildman–Crippen MR) is 95.1 cm³/mol. The molecule has 1 heterocycles. The molecule has 4 heteroatoms. The second-order valence-electron chi connectivity index (χ2n) is 5.09. The standard InChI is InChI=1S/C19H14BrNO2/c1-13-12-15(10-11-16(13)20)18-21-17(19(22)23-18)9-5-8-14-6-3-2-4-7-14/h2-12H,1H3/b8-5+,17-9-. The molecule has 0 bridgehead atoms. The monoisotopic (exact) mass is 367 g/mol. The number of aliphatic imine (C=N–C) groups is 1. The number of ether oxygens (including phenoxy) is 1. The van der Waals surface area contributed by atoms with Gasteiger partial charge in [-0.2, -0.15) is 0 Å². The molecule has 0 radical (unpaired) electrons. The lowest BCUT2D eigenvalue weighted by atomic mass is 10.1. The van der Waals surface area contributed by atoms with Crippen molar-refractivity contribution in [3.05, 3.63) is 87.5 Å². The number of carbonyl (C=O) groups is 1. The summed E-state index contributed by atoms with van der Waals surface area (Å²) in [6.45, 7) is 1.98. The van der Waals surface area contributed by atoms with Gasteiger partial charge in [0.25, 0.3) is 0 Å². The number of hydrogen-bond acceptors (Lipinski definition) is 3. The van der Waals surface area contributed by atoms with E-state index in [1.54, 1.807) is 12.2 Å². The molecule has 23 heavy (non-hydrogen) atoms. The van der Waals surface area contributed by atoms with Crippen LogP contribution in [0.1, 0.15) is 16.7 Å². The Balaban J connectivity index is 1.82. The lowest BCUT2D eigenvalue weighted by Gasteiger charge is -2.02. The Morgan fingerprint density at radius 2 is 1.91 bits per heavy atom. The number of rotatable bonds is 3. The molecule has 0 fully saturated rings. The number of allylic oxidation sites excluding steroid dienone is 2. The minimum absolute atomic E-state index is 0.299. The molecule has 0 aliphatic carbocycles. The Morgan fingerprint density at radius 3 is 2.65 bits per heavy atom. The van der Waals surface area contributed by atoms with Crippen molar-refractivity contribution in [1.29, 1.82) is 0 Å². The van der Waals surface area contributed by atoms with Crippen LogP contribution < -0.4 is 0 Å². The molecule has 0 N–H and O–H groups in total. The van der Waals surface area contributed by atoms with E-state index in [1.165, 1.54) is 0 Å². The van der Waals surface area contributed by atoms with E-state index >= 15 is 0 Å². The second kappa shape index (κ2) is 6.75. The van der Waals surface area contributed by atoms with Crippen molar-refractivity contribution in [1.82, 2.24) is 0 Å². The Bertz CT molecular complexity index is 836. The lowest BCUT2D eigenvalue weighted by Crippen LogP contribution is -2.05. The fourth-order valence-electron chi connectivity index (χ4n) is 2.14.